The van der Waals surface area contributed by atoms with Crippen molar-refractivity contribution in [2.45, 2.75) is 32.6 Å². The highest BCUT2D eigenvalue weighted by Gasteiger charge is 2.29. The van der Waals surface area contributed by atoms with Crippen molar-refractivity contribution in [1.29, 1.82) is 0 Å². The molecule has 1 N–H and O–H groups in total. The third kappa shape index (κ3) is 4.88. The number of rotatable bonds is 7. The number of amides is 2. The van der Waals surface area contributed by atoms with E-state index in [1.807, 2.05) is 30.0 Å². The lowest BCUT2D eigenvalue weighted by molar-refractivity contribution is -0.127. The van der Waals surface area contributed by atoms with Crippen LogP contribution in [0.1, 0.15) is 31.7 Å². The molecule has 4 nitrogen and oxygen atoms in total. The molecule has 2 amide bonds. The molecule has 0 radical (unpaired) electrons. The van der Waals surface area contributed by atoms with E-state index in [4.69, 9.17) is 0 Å². The highest BCUT2D eigenvalue weighted by molar-refractivity contribution is 5.79. The third-order valence-corrected chi connectivity index (χ3v) is 3.87. The minimum absolute atomic E-state index is 0.0904. The number of nitrogens with zero attached hydrogens (tertiary/aromatic N) is 1. The molecule has 0 aromatic heterocycles. The van der Waals surface area contributed by atoms with Gasteiger partial charge in [0.2, 0.25) is 11.8 Å². The monoisotopic (exact) mass is 288 g/mol. The van der Waals surface area contributed by atoms with E-state index in [1.165, 1.54) is 5.56 Å². The largest absolute Gasteiger partial charge is 0.356 e. The molecule has 114 valence electrons. The van der Waals surface area contributed by atoms with Crippen molar-refractivity contribution in [3.05, 3.63) is 35.9 Å². The summed E-state index contributed by atoms with van der Waals surface area (Å²) in [5, 5.41) is 2.92. The zero-order valence-corrected chi connectivity index (χ0v) is 12.7. The molecule has 2 rings (SSSR count). The van der Waals surface area contributed by atoms with Crippen molar-refractivity contribution in [3.8, 4) is 0 Å². The fourth-order valence-corrected chi connectivity index (χ4v) is 2.69. The van der Waals surface area contributed by atoms with Crippen LogP contribution < -0.4 is 5.32 Å². The minimum atomic E-state index is 0.0904. The maximum absolute atomic E-state index is 12.0. The summed E-state index contributed by atoms with van der Waals surface area (Å²) in [5.74, 6) is 0.558. The normalized spacial score (nSPS) is 18.0. The van der Waals surface area contributed by atoms with Gasteiger partial charge in [0.25, 0.3) is 0 Å². The fraction of sp³-hybridized carbons (Fsp3) is 0.529. The van der Waals surface area contributed by atoms with Gasteiger partial charge < -0.3 is 10.2 Å². The predicted octanol–water partition coefficient (Wildman–Crippen LogP) is 1.99. The van der Waals surface area contributed by atoms with Crippen LogP contribution in [0, 0.1) is 5.92 Å². The molecule has 1 unspecified atom stereocenters. The van der Waals surface area contributed by atoms with Crippen molar-refractivity contribution in [1.82, 2.24) is 10.2 Å². The summed E-state index contributed by atoms with van der Waals surface area (Å²) in [6.07, 6.45) is 2.87. The first kappa shape index (κ1) is 15.5. The molecule has 1 heterocycles. The molecule has 21 heavy (non-hydrogen) atoms. The first-order valence-electron chi connectivity index (χ1n) is 7.77. The zero-order valence-electron chi connectivity index (χ0n) is 12.7. The third-order valence-electron chi connectivity index (χ3n) is 3.87. The van der Waals surface area contributed by atoms with Gasteiger partial charge in [0.1, 0.15) is 0 Å². The van der Waals surface area contributed by atoms with Crippen LogP contribution in [0.15, 0.2) is 30.3 Å². The van der Waals surface area contributed by atoms with Gasteiger partial charge in [-0.15, -0.1) is 0 Å². The Morgan fingerprint density at radius 2 is 2.10 bits per heavy atom. The van der Waals surface area contributed by atoms with Gasteiger partial charge in [-0.3, -0.25) is 9.59 Å². The van der Waals surface area contributed by atoms with Crippen molar-refractivity contribution in [2.75, 3.05) is 19.6 Å². The number of carbonyl (C=O) groups is 2. The van der Waals surface area contributed by atoms with E-state index in [0.29, 0.717) is 19.4 Å². The molecule has 4 heteroatoms. The molecule has 1 aliphatic rings. The standard InChI is InChI=1S/C17H24N2O2/c1-2-6-16(20)18-12-15-11-17(21)19(13-15)10-9-14-7-4-3-5-8-14/h3-5,7-8,15H,2,6,9-13H2,1H3,(H,18,20). The molecule has 1 fully saturated rings. The van der Waals surface area contributed by atoms with Crippen molar-refractivity contribution in [3.63, 3.8) is 0 Å². The quantitative estimate of drug-likeness (QED) is 0.834. The lowest BCUT2D eigenvalue weighted by Gasteiger charge is -2.17. The molecule has 1 aliphatic heterocycles. The first-order chi connectivity index (χ1) is 10.2. The average Bonchev–Trinajstić information content (AvgIpc) is 2.85. The van der Waals surface area contributed by atoms with Crippen molar-refractivity contribution >= 4 is 11.8 Å². The van der Waals surface area contributed by atoms with Gasteiger partial charge in [-0.25, -0.2) is 0 Å². The van der Waals surface area contributed by atoms with Crippen LogP contribution in [0.25, 0.3) is 0 Å². The topological polar surface area (TPSA) is 49.4 Å². The Kier molecular flexibility index (Phi) is 5.78. The molecule has 1 saturated heterocycles. The Morgan fingerprint density at radius 3 is 2.81 bits per heavy atom. The fourth-order valence-electron chi connectivity index (χ4n) is 2.69. The minimum Gasteiger partial charge on any atom is -0.356 e. The van der Waals surface area contributed by atoms with Gasteiger partial charge in [0.05, 0.1) is 0 Å². The Balaban J connectivity index is 1.73. The van der Waals surface area contributed by atoms with E-state index in [0.717, 1.165) is 25.9 Å². The van der Waals surface area contributed by atoms with Crippen LogP contribution in [-0.2, 0) is 16.0 Å². The molecular formula is C17H24N2O2. The second-order valence-corrected chi connectivity index (χ2v) is 5.70. The second kappa shape index (κ2) is 7.81. The van der Waals surface area contributed by atoms with Crippen LogP contribution in [0.4, 0.5) is 0 Å². The van der Waals surface area contributed by atoms with Crippen molar-refractivity contribution < 1.29 is 9.59 Å². The van der Waals surface area contributed by atoms with Crippen LogP contribution in [-0.4, -0.2) is 36.3 Å². The number of carbonyl (C=O) groups excluding carboxylic acids is 2. The van der Waals surface area contributed by atoms with Gasteiger partial charge in [-0.1, -0.05) is 37.3 Å². The molecule has 0 saturated carbocycles. The highest BCUT2D eigenvalue weighted by atomic mass is 16.2. The second-order valence-electron chi connectivity index (χ2n) is 5.70. The van der Waals surface area contributed by atoms with E-state index >= 15 is 0 Å². The molecule has 0 bridgehead atoms. The SMILES string of the molecule is CCCC(=O)NCC1CC(=O)N(CCc2ccccc2)C1. The summed E-state index contributed by atoms with van der Waals surface area (Å²) in [4.78, 5) is 25.4. The lowest BCUT2D eigenvalue weighted by Crippen LogP contribution is -2.31. The van der Waals surface area contributed by atoms with Crippen LogP contribution >= 0.6 is 0 Å². The Labute approximate surface area is 126 Å². The maximum atomic E-state index is 12.0. The summed E-state index contributed by atoms with van der Waals surface area (Å²) >= 11 is 0. The number of nitrogens with one attached hydrogen (secondary N) is 1. The molecular weight excluding hydrogens is 264 g/mol. The zero-order chi connectivity index (χ0) is 15.1. The van der Waals surface area contributed by atoms with Gasteiger partial charge in [-0.2, -0.15) is 0 Å². The van der Waals surface area contributed by atoms with E-state index in [-0.39, 0.29) is 17.7 Å². The molecule has 1 aromatic rings. The summed E-state index contributed by atoms with van der Waals surface area (Å²) in [5.41, 5.74) is 1.25. The Bertz CT molecular complexity index is 473. The molecule has 0 aliphatic carbocycles. The van der Waals surface area contributed by atoms with Gasteiger partial charge in [0.15, 0.2) is 0 Å². The number of benzene rings is 1. The highest BCUT2D eigenvalue weighted by Crippen LogP contribution is 2.17. The van der Waals surface area contributed by atoms with E-state index in [1.54, 1.807) is 0 Å². The van der Waals surface area contributed by atoms with E-state index < -0.39 is 0 Å². The summed E-state index contributed by atoms with van der Waals surface area (Å²) in [6, 6.07) is 10.2. The number of likely N-dealkylation sites (tertiary alicyclic amines) is 1. The number of hydrogen-bond donors (Lipinski definition) is 1. The lowest BCUT2D eigenvalue weighted by atomic mass is 10.1. The van der Waals surface area contributed by atoms with E-state index in [2.05, 4.69) is 17.4 Å². The Morgan fingerprint density at radius 1 is 1.33 bits per heavy atom. The average molecular weight is 288 g/mol. The smallest absolute Gasteiger partial charge is 0.223 e. The van der Waals surface area contributed by atoms with Crippen LogP contribution in [0.2, 0.25) is 0 Å². The first-order valence-corrected chi connectivity index (χ1v) is 7.77. The predicted molar refractivity (Wildman–Crippen MR) is 82.8 cm³/mol. The Hall–Kier alpha value is -1.84. The van der Waals surface area contributed by atoms with E-state index in [9.17, 15) is 9.59 Å². The van der Waals surface area contributed by atoms with Gasteiger partial charge in [0, 0.05) is 38.4 Å². The molecule has 0 spiro atoms. The van der Waals surface area contributed by atoms with Crippen LogP contribution in [0.3, 0.4) is 0 Å². The van der Waals surface area contributed by atoms with Crippen LogP contribution in [0.5, 0.6) is 0 Å². The van der Waals surface area contributed by atoms with Gasteiger partial charge >= 0.3 is 0 Å². The van der Waals surface area contributed by atoms with Gasteiger partial charge in [-0.05, 0) is 18.4 Å². The summed E-state index contributed by atoms with van der Waals surface area (Å²) in [6.45, 7) is 4.14. The molecule has 1 atom stereocenters. The summed E-state index contributed by atoms with van der Waals surface area (Å²) in [7, 11) is 0. The summed E-state index contributed by atoms with van der Waals surface area (Å²) < 4.78 is 0. The maximum Gasteiger partial charge on any atom is 0.223 e. The van der Waals surface area contributed by atoms with Crippen molar-refractivity contribution in [2.24, 2.45) is 5.92 Å². The number of hydrogen-bond acceptors (Lipinski definition) is 2. The molecule has 1 aromatic carbocycles.